The molecule has 0 unspecified atom stereocenters. The zero-order valence-corrected chi connectivity index (χ0v) is 23.8. The van der Waals surface area contributed by atoms with Gasteiger partial charge in [0.15, 0.2) is 5.94 Å². The van der Waals surface area contributed by atoms with E-state index in [-0.39, 0.29) is 17.7 Å². The molecule has 2 aromatic carbocycles. The van der Waals surface area contributed by atoms with E-state index in [4.69, 9.17) is 9.02 Å². The van der Waals surface area contributed by atoms with Crippen molar-refractivity contribution in [2.75, 3.05) is 12.5 Å². The molecule has 0 atom stereocenters. The van der Waals surface area contributed by atoms with Crippen LogP contribution >= 0.6 is 0 Å². The number of rotatable bonds is 19. The Morgan fingerprint density at radius 2 is 1.29 bits per heavy atom. The zero-order valence-electron chi connectivity index (χ0n) is 23.0. The molecule has 1 heterocycles. The number of hydrogen-bond donors (Lipinski definition) is 0. The van der Waals surface area contributed by atoms with E-state index < -0.39 is 27.9 Å². The van der Waals surface area contributed by atoms with E-state index in [1.165, 1.54) is 51.4 Å². The average molecular weight is 546 g/mol. The van der Waals surface area contributed by atoms with Crippen LogP contribution < -0.4 is 0 Å². The molecule has 0 fully saturated rings. The summed E-state index contributed by atoms with van der Waals surface area (Å²) in [5, 5.41) is 1.75. The van der Waals surface area contributed by atoms with E-state index in [0.717, 1.165) is 49.5 Å². The molecule has 2 amide bonds. The Hall–Kier alpha value is -2.29. The van der Waals surface area contributed by atoms with Crippen LogP contribution in [0.4, 0.5) is 0 Å². The van der Waals surface area contributed by atoms with Gasteiger partial charge in [-0.05, 0) is 42.3 Å². The fraction of sp³-hybridized carbons (Fsp3) is 0.600. The standard InChI is InChI=1S/C30H43NO6S/c1-3-5-7-8-9-10-11-12-13-14-15-22-36-23-38(34,35)37-31-29(32)26-19-16-18-25-24(17-6-4-2)20-21-27(28(25)26)30(31)33/h16,18-21H,3-15,17,22-23H2,1-2H3. The highest BCUT2D eigenvalue weighted by Gasteiger charge is 2.37. The third-order valence-corrected chi connectivity index (χ3v) is 7.90. The molecule has 0 bridgehead atoms. The minimum Gasteiger partial charge on any atom is -0.363 e. The Bertz CT molecular complexity index is 1150. The number of carbonyl (C=O) groups excluding carboxylic acids is 2. The van der Waals surface area contributed by atoms with Gasteiger partial charge in [-0.1, -0.05) is 103 Å². The maximum atomic E-state index is 13.1. The van der Waals surface area contributed by atoms with Gasteiger partial charge in [0.25, 0.3) is 11.8 Å². The lowest BCUT2D eigenvalue weighted by Gasteiger charge is -2.26. The highest BCUT2D eigenvalue weighted by molar-refractivity contribution is 7.86. The molecular formula is C30H43NO6S. The Labute approximate surface area is 228 Å². The molecule has 2 aromatic rings. The summed E-state index contributed by atoms with van der Waals surface area (Å²) in [6, 6.07) is 8.75. The Morgan fingerprint density at radius 1 is 0.711 bits per heavy atom. The molecule has 0 saturated carbocycles. The summed E-state index contributed by atoms with van der Waals surface area (Å²) in [7, 11) is -4.29. The molecule has 0 saturated heterocycles. The maximum absolute atomic E-state index is 13.1. The Morgan fingerprint density at radius 3 is 1.92 bits per heavy atom. The van der Waals surface area contributed by atoms with Crippen LogP contribution in [0.15, 0.2) is 30.3 Å². The number of imide groups is 1. The fourth-order valence-corrected chi connectivity index (χ4v) is 5.68. The van der Waals surface area contributed by atoms with Crippen molar-refractivity contribution < 1.29 is 27.0 Å². The summed E-state index contributed by atoms with van der Waals surface area (Å²) in [5.74, 6) is -2.28. The van der Waals surface area contributed by atoms with Gasteiger partial charge in [0.2, 0.25) is 0 Å². The van der Waals surface area contributed by atoms with E-state index in [2.05, 4.69) is 13.8 Å². The summed E-state index contributed by atoms with van der Waals surface area (Å²) >= 11 is 0. The molecular weight excluding hydrogens is 502 g/mol. The third kappa shape index (κ3) is 8.35. The largest absolute Gasteiger partial charge is 0.363 e. The van der Waals surface area contributed by atoms with Crippen molar-refractivity contribution in [3.8, 4) is 0 Å². The first-order chi connectivity index (χ1) is 18.4. The number of carbonyl (C=O) groups is 2. The Balaban J connectivity index is 1.45. The number of hydrogen-bond acceptors (Lipinski definition) is 6. The third-order valence-electron chi connectivity index (χ3n) is 7.07. The van der Waals surface area contributed by atoms with E-state index in [1.54, 1.807) is 18.2 Å². The van der Waals surface area contributed by atoms with Crippen LogP contribution in [0.3, 0.4) is 0 Å². The van der Waals surface area contributed by atoms with Gasteiger partial charge in [-0.3, -0.25) is 9.59 Å². The minimum atomic E-state index is -4.29. The second-order valence-electron chi connectivity index (χ2n) is 10.2. The van der Waals surface area contributed by atoms with Crippen LogP contribution in [0, 0.1) is 0 Å². The summed E-state index contributed by atoms with van der Waals surface area (Å²) in [6.07, 6.45) is 16.0. The van der Waals surface area contributed by atoms with Gasteiger partial charge >= 0.3 is 10.1 Å². The zero-order chi connectivity index (χ0) is 27.4. The van der Waals surface area contributed by atoms with Gasteiger partial charge in [-0.15, -0.1) is 9.35 Å². The number of nitrogens with zero attached hydrogens (tertiary/aromatic N) is 1. The molecule has 1 aliphatic heterocycles. The van der Waals surface area contributed by atoms with Crippen LogP contribution in [0.1, 0.15) is 124 Å². The summed E-state index contributed by atoms with van der Waals surface area (Å²) < 4.78 is 35.3. The lowest BCUT2D eigenvalue weighted by atomic mass is 9.90. The number of hydroxylamine groups is 2. The van der Waals surface area contributed by atoms with Gasteiger partial charge in [0.1, 0.15) is 0 Å². The minimum absolute atomic E-state index is 0.257. The van der Waals surface area contributed by atoms with Crippen molar-refractivity contribution >= 4 is 32.7 Å². The second kappa shape index (κ2) is 15.3. The molecule has 38 heavy (non-hydrogen) atoms. The second-order valence-corrected chi connectivity index (χ2v) is 11.7. The quantitative estimate of drug-likeness (QED) is 0.136. The van der Waals surface area contributed by atoms with Crippen LogP contribution in [-0.4, -0.2) is 37.8 Å². The fourth-order valence-electron chi connectivity index (χ4n) is 4.95. The van der Waals surface area contributed by atoms with Gasteiger partial charge in [0.05, 0.1) is 11.1 Å². The first-order valence-corrected chi connectivity index (χ1v) is 15.9. The maximum Gasteiger partial charge on any atom is 0.313 e. The number of benzene rings is 2. The molecule has 0 radical (unpaired) electrons. The number of unbranched alkanes of at least 4 members (excludes halogenated alkanes) is 11. The number of aryl methyl sites for hydroxylation is 1. The first-order valence-electron chi connectivity index (χ1n) is 14.3. The topological polar surface area (TPSA) is 90.0 Å². The van der Waals surface area contributed by atoms with E-state index in [9.17, 15) is 18.0 Å². The predicted molar refractivity (Wildman–Crippen MR) is 150 cm³/mol. The lowest BCUT2D eigenvalue weighted by molar-refractivity contribution is -0.0180. The molecule has 0 N–H and O–H groups in total. The smallest absolute Gasteiger partial charge is 0.313 e. The van der Waals surface area contributed by atoms with E-state index >= 15 is 0 Å². The van der Waals surface area contributed by atoms with Crippen molar-refractivity contribution in [1.29, 1.82) is 0 Å². The first kappa shape index (κ1) is 30.3. The summed E-state index contributed by atoms with van der Waals surface area (Å²) in [6.45, 7) is 4.62. The summed E-state index contributed by atoms with van der Waals surface area (Å²) in [5.41, 5.74) is 1.57. The Kier molecular flexibility index (Phi) is 12.2. The highest BCUT2D eigenvalue weighted by atomic mass is 32.2. The van der Waals surface area contributed by atoms with Gasteiger partial charge < -0.3 is 4.74 Å². The predicted octanol–water partition coefficient (Wildman–Crippen LogP) is 7.32. The number of ether oxygens (including phenoxy) is 1. The molecule has 0 aromatic heterocycles. The van der Waals surface area contributed by atoms with Crippen molar-refractivity contribution in [3.05, 3.63) is 47.0 Å². The molecule has 0 spiro atoms. The van der Waals surface area contributed by atoms with Crippen LogP contribution in [0.2, 0.25) is 0 Å². The number of amides is 2. The van der Waals surface area contributed by atoms with Crippen molar-refractivity contribution in [2.45, 2.75) is 104 Å². The summed E-state index contributed by atoms with van der Waals surface area (Å²) in [4.78, 5) is 26.2. The van der Waals surface area contributed by atoms with Gasteiger partial charge in [0, 0.05) is 12.0 Å². The van der Waals surface area contributed by atoms with Gasteiger partial charge in [-0.25, -0.2) is 0 Å². The van der Waals surface area contributed by atoms with E-state index in [0.29, 0.717) is 10.4 Å². The van der Waals surface area contributed by atoms with Crippen molar-refractivity contribution in [1.82, 2.24) is 5.06 Å². The average Bonchev–Trinajstić information content (AvgIpc) is 2.91. The van der Waals surface area contributed by atoms with E-state index in [1.807, 2.05) is 12.1 Å². The molecule has 1 aliphatic rings. The molecule has 210 valence electrons. The SMILES string of the molecule is CCCCCCCCCCCCCOCS(=O)(=O)ON1C(=O)c2cccc3c(CCCC)ccc(c23)C1=O. The van der Waals surface area contributed by atoms with Crippen LogP contribution in [0.5, 0.6) is 0 Å². The monoisotopic (exact) mass is 545 g/mol. The molecule has 7 nitrogen and oxygen atoms in total. The van der Waals surface area contributed by atoms with Crippen molar-refractivity contribution in [2.24, 2.45) is 0 Å². The molecule has 8 heteroatoms. The van der Waals surface area contributed by atoms with Crippen molar-refractivity contribution in [3.63, 3.8) is 0 Å². The van der Waals surface area contributed by atoms with Crippen LogP contribution in [0.25, 0.3) is 10.8 Å². The lowest BCUT2D eigenvalue weighted by Crippen LogP contribution is -2.42. The van der Waals surface area contributed by atoms with Crippen LogP contribution in [-0.2, 0) is 25.6 Å². The molecule has 3 rings (SSSR count). The van der Waals surface area contributed by atoms with Gasteiger partial charge in [-0.2, -0.15) is 8.42 Å². The highest BCUT2D eigenvalue weighted by Crippen LogP contribution is 2.33. The normalized spacial score (nSPS) is 13.6. The molecule has 0 aliphatic carbocycles.